The molecule has 0 bridgehead atoms. The Bertz CT molecular complexity index is 1890. The maximum Gasteiger partial charge on any atom is 0.224 e. The summed E-state index contributed by atoms with van der Waals surface area (Å²) in [5.41, 5.74) is 13.3. The second kappa shape index (κ2) is 28.3. The lowest BCUT2D eigenvalue weighted by Crippen LogP contribution is -2.40. The van der Waals surface area contributed by atoms with Crippen molar-refractivity contribution in [2.24, 2.45) is 0 Å². The molecule has 0 aliphatic carbocycles. The highest BCUT2D eigenvalue weighted by Crippen LogP contribution is 2.39. The van der Waals surface area contributed by atoms with E-state index in [1.165, 1.54) is 77.0 Å². The van der Waals surface area contributed by atoms with Gasteiger partial charge in [-0.25, -0.2) is 0 Å². The van der Waals surface area contributed by atoms with Gasteiger partial charge in [-0.15, -0.1) is 0 Å². The predicted molar refractivity (Wildman–Crippen MR) is 258 cm³/mol. The van der Waals surface area contributed by atoms with Crippen molar-refractivity contribution in [1.29, 1.82) is 0 Å². The third kappa shape index (κ3) is 17.5. The molecule has 0 spiro atoms. The van der Waals surface area contributed by atoms with Gasteiger partial charge in [-0.05, 0) is 78.7 Å². The number of ether oxygens (including phenoxy) is 2. The third-order valence-corrected chi connectivity index (χ3v) is 12.3. The van der Waals surface area contributed by atoms with Crippen LogP contribution in [0.25, 0.3) is 11.1 Å². The molecule has 0 saturated carbocycles. The van der Waals surface area contributed by atoms with E-state index in [-0.39, 0.29) is 30.6 Å². The van der Waals surface area contributed by atoms with E-state index in [9.17, 15) is 14.7 Å². The second-order valence-electron chi connectivity index (χ2n) is 17.4. The van der Waals surface area contributed by atoms with Gasteiger partial charge in [0, 0.05) is 37.9 Å². The molecule has 1 heterocycles. The van der Waals surface area contributed by atoms with Crippen molar-refractivity contribution in [1.82, 2.24) is 10.2 Å². The maximum absolute atomic E-state index is 12.9. The van der Waals surface area contributed by atoms with E-state index in [1.807, 2.05) is 36.4 Å². The number of hydrogen-bond acceptors (Lipinski definition) is 7. The minimum absolute atomic E-state index is 0.000815. The number of carbonyl (C=O) groups excluding carboxylic acids is 2. The Kier molecular flexibility index (Phi) is 22.2. The summed E-state index contributed by atoms with van der Waals surface area (Å²) in [6, 6.07) is 32.1. The number of aliphatic hydroxyl groups is 1. The van der Waals surface area contributed by atoms with Crippen molar-refractivity contribution in [2.45, 2.75) is 161 Å². The number of hydrogen-bond donors (Lipinski definition) is 4. The molecular formula is C54H76N4O5. The van der Waals surface area contributed by atoms with Crippen LogP contribution in [-0.2, 0) is 32.2 Å². The van der Waals surface area contributed by atoms with E-state index in [2.05, 4.69) is 77.9 Å². The van der Waals surface area contributed by atoms with Crippen LogP contribution in [0, 0.1) is 0 Å². The number of amides is 2. The van der Waals surface area contributed by atoms with Crippen LogP contribution >= 0.6 is 0 Å². The number of nitrogens with two attached hydrogens (primary N) is 1. The molecule has 2 amide bonds. The molecule has 1 saturated heterocycles. The molecule has 1 fully saturated rings. The SMILES string of the molecule is CCCCCCCCN(CCCCCCCC)C[C@H]1C[C@@H](c2ccc(CO)cc2)O[C@@H](c2ccc(-c3ccccc3CNC(=O)CCCCCC(=O)Nc3ccccc3N)cc2)O1. The first-order chi connectivity index (χ1) is 30.9. The number of rotatable bonds is 29. The van der Waals surface area contributed by atoms with Gasteiger partial charge < -0.3 is 35.8 Å². The number of benzene rings is 4. The number of anilines is 2. The summed E-state index contributed by atoms with van der Waals surface area (Å²) in [6.07, 6.45) is 18.6. The normalized spacial score (nSPS) is 16.3. The molecule has 9 nitrogen and oxygen atoms in total. The average molecular weight is 861 g/mol. The molecule has 0 radical (unpaired) electrons. The van der Waals surface area contributed by atoms with E-state index in [1.54, 1.807) is 12.1 Å². The Labute approximate surface area is 378 Å². The highest BCUT2D eigenvalue weighted by Gasteiger charge is 2.33. The fourth-order valence-electron chi connectivity index (χ4n) is 8.48. The molecule has 0 unspecified atom stereocenters. The van der Waals surface area contributed by atoms with Crippen molar-refractivity contribution < 1.29 is 24.2 Å². The molecule has 1 aliphatic heterocycles. The van der Waals surface area contributed by atoms with E-state index in [0.717, 1.165) is 65.9 Å². The third-order valence-electron chi connectivity index (χ3n) is 12.3. The molecule has 3 atom stereocenters. The molecule has 5 N–H and O–H groups in total. The molecule has 0 aromatic heterocycles. The van der Waals surface area contributed by atoms with Gasteiger partial charge in [0.15, 0.2) is 6.29 Å². The van der Waals surface area contributed by atoms with Crippen LogP contribution in [0.5, 0.6) is 0 Å². The molecule has 4 aromatic rings. The predicted octanol–water partition coefficient (Wildman–Crippen LogP) is 12.2. The minimum Gasteiger partial charge on any atom is -0.397 e. The maximum atomic E-state index is 12.9. The van der Waals surface area contributed by atoms with Gasteiger partial charge in [-0.2, -0.15) is 0 Å². The number of nitrogens with zero attached hydrogens (tertiary/aromatic N) is 1. The van der Waals surface area contributed by atoms with Gasteiger partial charge in [0.25, 0.3) is 0 Å². The second-order valence-corrected chi connectivity index (χ2v) is 17.4. The van der Waals surface area contributed by atoms with Crippen LogP contribution < -0.4 is 16.4 Å². The first kappa shape index (κ1) is 49.5. The number of unbranched alkanes of at least 4 members (excludes halogenated alkanes) is 12. The summed E-state index contributed by atoms with van der Waals surface area (Å²) in [5, 5.41) is 15.7. The lowest BCUT2D eigenvalue weighted by atomic mass is 9.97. The van der Waals surface area contributed by atoms with Crippen molar-refractivity contribution in [3.05, 3.63) is 119 Å². The van der Waals surface area contributed by atoms with Gasteiger partial charge in [0.05, 0.1) is 30.2 Å². The van der Waals surface area contributed by atoms with Gasteiger partial charge in [0.1, 0.15) is 0 Å². The first-order valence-corrected chi connectivity index (χ1v) is 24.2. The number of carbonyl (C=O) groups is 2. The van der Waals surface area contributed by atoms with Crippen LogP contribution in [0.2, 0.25) is 0 Å². The zero-order valence-electron chi connectivity index (χ0n) is 38.3. The van der Waals surface area contributed by atoms with Crippen molar-refractivity contribution >= 4 is 23.2 Å². The van der Waals surface area contributed by atoms with Crippen LogP contribution in [0.1, 0.15) is 164 Å². The van der Waals surface area contributed by atoms with Crippen LogP contribution in [0.15, 0.2) is 97.1 Å². The summed E-state index contributed by atoms with van der Waals surface area (Å²) in [7, 11) is 0. The fraction of sp³-hybridized carbons (Fsp3) is 0.519. The first-order valence-electron chi connectivity index (χ1n) is 24.2. The molecule has 4 aromatic carbocycles. The molecule has 1 aliphatic rings. The topological polar surface area (TPSA) is 126 Å². The zero-order valence-corrected chi connectivity index (χ0v) is 38.3. The highest BCUT2D eigenvalue weighted by molar-refractivity contribution is 5.93. The van der Waals surface area contributed by atoms with Crippen LogP contribution in [0.4, 0.5) is 11.4 Å². The smallest absolute Gasteiger partial charge is 0.224 e. The average Bonchev–Trinajstić information content (AvgIpc) is 3.31. The monoisotopic (exact) mass is 861 g/mol. The Balaban J connectivity index is 1.18. The van der Waals surface area contributed by atoms with E-state index in [0.29, 0.717) is 43.6 Å². The Morgan fingerprint density at radius 1 is 0.667 bits per heavy atom. The standard InChI is InChI=1S/C54H76N4O5/c1-3-5-7-9-11-20-36-58(37-21-12-10-8-6-4-2)40-47-38-51(44-30-28-42(41-59)29-31-44)63-54(62-47)45-34-32-43(33-35-45)48-23-17-16-22-46(48)39-56-52(60)26-14-13-15-27-53(61)57-50-25-19-18-24-49(50)55/h16-19,22-25,28-35,47,51,54,59H,3-15,20-21,26-27,36-41,55H2,1-2H3,(H,56,60)(H,57,61)/t47-,51+,54+/m1/s1. The molecular weight excluding hydrogens is 785 g/mol. The largest absolute Gasteiger partial charge is 0.397 e. The van der Waals surface area contributed by atoms with Crippen molar-refractivity contribution in [3.8, 4) is 11.1 Å². The van der Waals surface area contributed by atoms with Gasteiger partial charge in [-0.1, -0.05) is 169 Å². The summed E-state index contributed by atoms with van der Waals surface area (Å²) >= 11 is 0. The quantitative estimate of drug-likeness (QED) is 0.0316. The molecule has 9 heteroatoms. The lowest BCUT2D eigenvalue weighted by Gasteiger charge is -2.38. The Morgan fingerprint density at radius 2 is 1.25 bits per heavy atom. The molecule has 63 heavy (non-hydrogen) atoms. The van der Waals surface area contributed by atoms with E-state index < -0.39 is 6.29 Å². The molecule has 342 valence electrons. The van der Waals surface area contributed by atoms with Crippen molar-refractivity contribution in [3.63, 3.8) is 0 Å². The number of aliphatic hydroxyl groups excluding tert-OH is 1. The van der Waals surface area contributed by atoms with Crippen LogP contribution in [-0.4, -0.2) is 47.6 Å². The summed E-state index contributed by atoms with van der Waals surface area (Å²) in [4.78, 5) is 27.9. The van der Waals surface area contributed by atoms with Gasteiger partial charge in [0.2, 0.25) is 11.8 Å². The number of nitrogens with one attached hydrogen (secondary N) is 2. The number of nitrogen functional groups attached to an aromatic ring is 1. The lowest BCUT2D eigenvalue weighted by molar-refractivity contribution is -0.253. The van der Waals surface area contributed by atoms with E-state index >= 15 is 0 Å². The van der Waals surface area contributed by atoms with Gasteiger partial charge >= 0.3 is 0 Å². The highest BCUT2D eigenvalue weighted by atomic mass is 16.7. The summed E-state index contributed by atoms with van der Waals surface area (Å²) in [5.74, 6) is -0.0697. The van der Waals surface area contributed by atoms with E-state index in [4.69, 9.17) is 15.2 Å². The fourth-order valence-corrected chi connectivity index (χ4v) is 8.48. The summed E-state index contributed by atoms with van der Waals surface area (Å²) in [6.45, 7) is 8.08. The van der Waals surface area contributed by atoms with Crippen LogP contribution in [0.3, 0.4) is 0 Å². The van der Waals surface area contributed by atoms with Crippen molar-refractivity contribution in [2.75, 3.05) is 30.7 Å². The van der Waals surface area contributed by atoms with Gasteiger partial charge in [-0.3, -0.25) is 9.59 Å². The molecule has 5 rings (SSSR count). The minimum atomic E-state index is -0.517. The zero-order chi connectivity index (χ0) is 44.5. The Hall–Kier alpha value is -4.54. The Morgan fingerprint density at radius 3 is 1.92 bits per heavy atom. The summed E-state index contributed by atoms with van der Waals surface area (Å²) < 4.78 is 13.6. The number of para-hydroxylation sites is 2.